The van der Waals surface area contributed by atoms with Crippen LogP contribution in [-0.2, 0) is 10.3 Å². The van der Waals surface area contributed by atoms with Crippen molar-refractivity contribution >= 4 is 5.82 Å². The SMILES string of the molecule is CC[C@@]12COCCN1c1nc(-c3cn[nH]c3-c3ccc(F)cc3F)ncc1-n1c(C)nnc12. The Morgan fingerprint density at radius 1 is 1.18 bits per heavy atom. The molecule has 2 aliphatic heterocycles. The molecule has 1 saturated heterocycles. The van der Waals surface area contributed by atoms with E-state index in [1.165, 1.54) is 12.1 Å². The van der Waals surface area contributed by atoms with E-state index in [1.807, 2.05) is 11.5 Å². The highest BCUT2D eigenvalue weighted by Crippen LogP contribution is 2.45. The molecule has 0 unspecified atom stereocenters. The number of H-pyrrole nitrogens is 1. The maximum atomic E-state index is 14.5. The first-order chi connectivity index (χ1) is 16.0. The van der Waals surface area contributed by atoms with Crippen LogP contribution in [0.2, 0.25) is 0 Å². The molecule has 33 heavy (non-hydrogen) atoms. The summed E-state index contributed by atoms with van der Waals surface area (Å²) in [6, 6.07) is 3.42. The first-order valence-electron chi connectivity index (χ1n) is 10.7. The number of halogens is 2. The van der Waals surface area contributed by atoms with Gasteiger partial charge in [-0.05, 0) is 25.5 Å². The number of aromatic nitrogens is 7. The number of hydrogen-bond donors (Lipinski definition) is 1. The normalized spacial score (nSPS) is 19.2. The van der Waals surface area contributed by atoms with Gasteiger partial charge in [0, 0.05) is 18.2 Å². The van der Waals surface area contributed by atoms with E-state index < -0.39 is 17.2 Å². The van der Waals surface area contributed by atoms with Crippen LogP contribution in [0.4, 0.5) is 14.6 Å². The van der Waals surface area contributed by atoms with Crippen molar-refractivity contribution in [3.05, 3.63) is 53.9 Å². The molecule has 5 heterocycles. The molecule has 0 amide bonds. The van der Waals surface area contributed by atoms with E-state index in [1.54, 1.807) is 12.4 Å². The van der Waals surface area contributed by atoms with Gasteiger partial charge in [-0.1, -0.05) is 6.92 Å². The van der Waals surface area contributed by atoms with Gasteiger partial charge in [0.25, 0.3) is 0 Å². The third-order valence-corrected chi connectivity index (χ3v) is 6.47. The fraction of sp³-hybridized carbons (Fsp3) is 0.318. The molecule has 0 aliphatic carbocycles. The van der Waals surface area contributed by atoms with Gasteiger partial charge in [0.1, 0.15) is 28.7 Å². The summed E-state index contributed by atoms with van der Waals surface area (Å²) in [4.78, 5) is 11.7. The Kier molecular flexibility index (Phi) is 4.31. The van der Waals surface area contributed by atoms with Crippen molar-refractivity contribution in [3.8, 4) is 28.3 Å². The molecular weight excluding hydrogens is 430 g/mol. The average Bonchev–Trinajstić information content (AvgIpc) is 3.46. The van der Waals surface area contributed by atoms with Crippen molar-refractivity contribution < 1.29 is 13.5 Å². The highest BCUT2D eigenvalue weighted by atomic mass is 19.1. The third-order valence-electron chi connectivity index (χ3n) is 6.47. The maximum absolute atomic E-state index is 14.5. The topological polar surface area (TPSA) is 97.6 Å². The molecule has 0 spiro atoms. The Balaban J connectivity index is 1.54. The van der Waals surface area contributed by atoms with E-state index in [4.69, 9.17) is 9.72 Å². The maximum Gasteiger partial charge on any atom is 0.166 e. The van der Waals surface area contributed by atoms with Crippen LogP contribution in [0.5, 0.6) is 0 Å². The molecule has 1 aromatic carbocycles. The predicted octanol–water partition coefficient (Wildman–Crippen LogP) is 3.16. The number of rotatable bonds is 3. The number of fused-ring (bicyclic) bond motifs is 6. The summed E-state index contributed by atoms with van der Waals surface area (Å²) in [5, 5.41) is 15.7. The molecule has 1 atom stereocenters. The molecule has 9 nitrogen and oxygen atoms in total. The molecule has 1 fully saturated rings. The first-order valence-corrected chi connectivity index (χ1v) is 10.7. The molecule has 11 heteroatoms. The van der Waals surface area contributed by atoms with Crippen molar-refractivity contribution in [2.24, 2.45) is 0 Å². The van der Waals surface area contributed by atoms with E-state index >= 15 is 0 Å². The minimum absolute atomic E-state index is 0.191. The van der Waals surface area contributed by atoms with Crippen molar-refractivity contribution in [1.82, 2.24) is 34.9 Å². The Morgan fingerprint density at radius 2 is 2.06 bits per heavy atom. The standard InChI is InChI=1S/C22H20F2N8O/c1-3-22-11-33-7-6-31(22)20-17(32-12(2)28-30-21(22)32)10-25-19(27-20)15-9-26-29-18(15)14-5-4-13(23)8-16(14)24/h4-5,8-10H,3,6-7,11H2,1-2H3,(H,26,29)/t22-/m0/s1. The molecule has 0 bridgehead atoms. The quantitative estimate of drug-likeness (QED) is 0.512. The van der Waals surface area contributed by atoms with E-state index in [2.05, 4.69) is 37.2 Å². The van der Waals surface area contributed by atoms with Crippen LogP contribution in [0.3, 0.4) is 0 Å². The lowest BCUT2D eigenvalue weighted by Gasteiger charge is -2.49. The summed E-state index contributed by atoms with van der Waals surface area (Å²) >= 11 is 0. The largest absolute Gasteiger partial charge is 0.377 e. The number of aromatic amines is 1. The van der Waals surface area contributed by atoms with E-state index in [0.717, 1.165) is 35.6 Å². The van der Waals surface area contributed by atoms with Gasteiger partial charge in [0.05, 0.1) is 36.9 Å². The zero-order valence-corrected chi connectivity index (χ0v) is 18.0. The lowest BCUT2D eigenvalue weighted by Crippen LogP contribution is -2.58. The van der Waals surface area contributed by atoms with Gasteiger partial charge < -0.3 is 9.64 Å². The van der Waals surface area contributed by atoms with Gasteiger partial charge in [-0.2, -0.15) is 5.10 Å². The lowest BCUT2D eigenvalue weighted by atomic mass is 9.90. The number of hydrogen-bond acceptors (Lipinski definition) is 7. The Morgan fingerprint density at radius 3 is 2.88 bits per heavy atom. The van der Waals surface area contributed by atoms with Crippen LogP contribution < -0.4 is 4.90 Å². The summed E-state index contributed by atoms with van der Waals surface area (Å²) in [5.74, 6) is 1.31. The van der Waals surface area contributed by atoms with Crippen LogP contribution in [0, 0.1) is 18.6 Å². The van der Waals surface area contributed by atoms with E-state index in [-0.39, 0.29) is 5.56 Å². The number of nitrogens with one attached hydrogen (secondary N) is 1. The number of benzene rings is 1. The van der Waals surface area contributed by atoms with Gasteiger partial charge >= 0.3 is 0 Å². The van der Waals surface area contributed by atoms with Crippen LogP contribution in [0.25, 0.3) is 28.3 Å². The van der Waals surface area contributed by atoms with Gasteiger partial charge in [-0.3, -0.25) is 9.67 Å². The van der Waals surface area contributed by atoms with Crippen LogP contribution in [0.15, 0.2) is 30.6 Å². The van der Waals surface area contributed by atoms with Crippen molar-refractivity contribution in [2.45, 2.75) is 25.8 Å². The van der Waals surface area contributed by atoms with Crippen molar-refractivity contribution in [3.63, 3.8) is 0 Å². The van der Waals surface area contributed by atoms with E-state index in [9.17, 15) is 8.78 Å². The highest BCUT2D eigenvalue weighted by molar-refractivity contribution is 5.78. The molecule has 6 rings (SSSR count). The first kappa shape index (κ1) is 19.9. The zero-order chi connectivity index (χ0) is 22.7. The van der Waals surface area contributed by atoms with Crippen molar-refractivity contribution in [1.29, 1.82) is 0 Å². The summed E-state index contributed by atoms with van der Waals surface area (Å²) in [6.07, 6.45) is 4.02. The van der Waals surface area contributed by atoms with Crippen LogP contribution in [-0.4, -0.2) is 54.7 Å². The lowest BCUT2D eigenvalue weighted by molar-refractivity contribution is 0.0390. The second-order valence-electron chi connectivity index (χ2n) is 8.18. The second-order valence-corrected chi connectivity index (χ2v) is 8.18. The molecule has 3 aromatic heterocycles. The molecule has 0 radical (unpaired) electrons. The number of morpholine rings is 1. The van der Waals surface area contributed by atoms with Gasteiger partial charge in [0.2, 0.25) is 0 Å². The molecule has 1 N–H and O–H groups in total. The number of aryl methyl sites for hydroxylation is 1. The number of nitrogens with zero attached hydrogens (tertiary/aromatic N) is 7. The average molecular weight is 450 g/mol. The minimum Gasteiger partial charge on any atom is -0.377 e. The summed E-state index contributed by atoms with van der Waals surface area (Å²) in [5.41, 5.74) is 1.37. The minimum atomic E-state index is -0.693. The predicted molar refractivity (Wildman–Crippen MR) is 115 cm³/mol. The molecule has 0 saturated carbocycles. The molecule has 4 aromatic rings. The van der Waals surface area contributed by atoms with Crippen LogP contribution >= 0.6 is 0 Å². The highest BCUT2D eigenvalue weighted by Gasteiger charge is 2.49. The van der Waals surface area contributed by atoms with Crippen molar-refractivity contribution in [2.75, 3.05) is 24.7 Å². The van der Waals surface area contributed by atoms with Gasteiger partial charge in [0.15, 0.2) is 17.5 Å². The second kappa shape index (κ2) is 7.14. The Hall–Kier alpha value is -3.73. The molecule has 2 aliphatic rings. The number of anilines is 1. The Labute approximate surface area is 187 Å². The Bertz CT molecular complexity index is 1380. The monoisotopic (exact) mass is 450 g/mol. The summed E-state index contributed by atoms with van der Waals surface area (Å²) in [6.45, 7) is 5.65. The summed E-state index contributed by atoms with van der Waals surface area (Å²) in [7, 11) is 0. The fourth-order valence-corrected chi connectivity index (χ4v) is 4.79. The third kappa shape index (κ3) is 2.75. The van der Waals surface area contributed by atoms with Crippen LogP contribution in [0.1, 0.15) is 25.0 Å². The molecule has 168 valence electrons. The smallest absolute Gasteiger partial charge is 0.166 e. The number of ether oxygens (including phenoxy) is 1. The van der Waals surface area contributed by atoms with E-state index in [0.29, 0.717) is 36.8 Å². The zero-order valence-electron chi connectivity index (χ0n) is 18.0. The van der Waals surface area contributed by atoms with Gasteiger partial charge in [-0.25, -0.2) is 18.7 Å². The summed E-state index contributed by atoms with van der Waals surface area (Å²) < 4.78 is 35.8. The fourth-order valence-electron chi connectivity index (χ4n) is 4.79. The molecular formula is C22H20F2N8O. The van der Waals surface area contributed by atoms with Gasteiger partial charge in [-0.15, -0.1) is 10.2 Å².